The second kappa shape index (κ2) is 6.68. The van der Waals surface area contributed by atoms with Crippen LogP contribution in [0.15, 0.2) is 42.6 Å². The zero-order valence-corrected chi connectivity index (χ0v) is 15.8. The Morgan fingerprint density at radius 2 is 2.31 bits per heavy atom. The Morgan fingerprint density at radius 1 is 1.41 bits per heavy atom. The van der Waals surface area contributed by atoms with Gasteiger partial charge in [-0.2, -0.15) is 15.3 Å². The summed E-state index contributed by atoms with van der Waals surface area (Å²) in [5.41, 5.74) is 8.24. The first-order chi connectivity index (χ1) is 14.2. The Balaban J connectivity index is 1.41. The molecule has 2 aliphatic rings. The highest BCUT2D eigenvalue weighted by Crippen LogP contribution is 2.37. The van der Waals surface area contributed by atoms with Crippen molar-refractivity contribution in [3.8, 4) is 11.8 Å². The van der Waals surface area contributed by atoms with Crippen LogP contribution >= 0.6 is 0 Å². The number of anilines is 2. The summed E-state index contributed by atoms with van der Waals surface area (Å²) < 4.78 is 8.84. The lowest BCUT2D eigenvalue weighted by Crippen LogP contribution is -2.63. The van der Waals surface area contributed by atoms with E-state index < -0.39 is 0 Å². The predicted molar refractivity (Wildman–Crippen MR) is 105 cm³/mol. The molecule has 11 nitrogen and oxygen atoms in total. The van der Waals surface area contributed by atoms with Crippen molar-refractivity contribution in [2.45, 2.75) is 12.0 Å². The van der Waals surface area contributed by atoms with E-state index >= 15 is 0 Å². The summed E-state index contributed by atoms with van der Waals surface area (Å²) in [7, 11) is 1.61. The molecule has 0 unspecified atom stereocenters. The minimum Gasteiger partial charge on any atom is -0.493 e. The molecular formula is C18H20N10O. The van der Waals surface area contributed by atoms with Crippen LogP contribution < -0.4 is 25.8 Å². The van der Waals surface area contributed by atoms with Gasteiger partial charge in [0.1, 0.15) is 5.54 Å². The quantitative estimate of drug-likeness (QED) is 0.548. The topological polar surface area (TPSA) is 120 Å². The zero-order chi connectivity index (χ0) is 19.8. The molecule has 0 bridgehead atoms. The molecule has 3 aromatic rings. The van der Waals surface area contributed by atoms with Crippen molar-refractivity contribution >= 4 is 17.3 Å². The molecule has 3 aromatic heterocycles. The average Bonchev–Trinajstić information content (AvgIpc) is 3.44. The fraction of sp³-hybridized carbons (Fsp3) is 0.333. The highest BCUT2D eigenvalue weighted by Gasteiger charge is 2.46. The molecule has 29 heavy (non-hydrogen) atoms. The van der Waals surface area contributed by atoms with Gasteiger partial charge in [-0.15, -0.1) is 5.10 Å². The summed E-state index contributed by atoms with van der Waals surface area (Å²) in [5, 5.41) is 21.5. The number of aromatic nitrogens is 5. The van der Waals surface area contributed by atoms with Gasteiger partial charge in [-0.1, -0.05) is 0 Å². The van der Waals surface area contributed by atoms with E-state index in [1.165, 1.54) is 0 Å². The molecule has 0 saturated carbocycles. The minimum absolute atomic E-state index is 0.366. The first-order valence-corrected chi connectivity index (χ1v) is 9.22. The number of hydrogen-bond donors (Lipinski definition) is 3. The van der Waals surface area contributed by atoms with Crippen LogP contribution in [0.25, 0.3) is 5.65 Å². The number of nitrogens with zero attached hydrogens (tertiary/aromatic N) is 7. The number of methoxy groups -OCH3 is 1. The fourth-order valence-corrected chi connectivity index (χ4v) is 3.74. The van der Waals surface area contributed by atoms with Gasteiger partial charge in [-0.05, 0) is 12.1 Å². The first kappa shape index (κ1) is 17.3. The number of nitriles is 1. The van der Waals surface area contributed by atoms with Gasteiger partial charge >= 0.3 is 0 Å². The normalized spacial score (nSPS) is 17.4. The molecule has 5 rings (SSSR count). The Morgan fingerprint density at radius 3 is 3.03 bits per heavy atom. The van der Waals surface area contributed by atoms with Gasteiger partial charge in [0.2, 0.25) is 5.95 Å². The van der Waals surface area contributed by atoms with Gasteiger partial charge in [0, 0.05) is 25.5 Å². The van der Waals surface area contributed by atoms with E-state index in [4.69, 9.17) is 4.74 Å². The van der Waals surface area contributed by atoms with Crippen molar-refractivity contribution in [2.24, 2.45) is 0 Å². The van der Waals surface area contributed by atoms with E-state index in [1.54, 1.807) is 17.8 Å². The molecule has 0 amide bonds. The molecule has 0 spiro atoms. The Labute approximate surface area is 166 Å². The second-order valence-corrected chi connectivity index (χ2v) is 7.13. The molecular weight excluding hydrogens is 372 g/mol. The summed E-state index contributed by atoms with van der Waals surface area (Å²) in [6.07, 6.45) is 7.59. The van der Waals surface area contributed by atoms with Crippen molar-refractivity contribution in [1.82, 2.24) is 35.2 Å². The third-order valence-corrected chi connectivity index (χ3v) is 5.24. The van der Waals surface area contributed by atoms with Crippen LogP contribution in [0.4, 0.5) is 11.6 Å². The number of hydrogen-bond acceptors (Lipinski definition) is 9. The van der Waals surface area contributed by atoms with E-state index in [2.05, 4.69) is 42.3 Å². The average molecular weight is 392 g/mol. The van der Waals surface area contributed by atoms with Gasteiger partial charge in [-0.3, -0.25) is 4.68 Å². The van der Waals surface area contributed by atoms with E-state index in [1.807, 2.05) is 35.4 Å². The highest BCUT2D eigenvalue weighted by molar-refractivity contribution is 5.71. The van der Waals surface area contributed by atoms with Gasteiger partial charge in [0.15, 0.2) is 11.4 Å². The Bertz CT molecular complexity index is 1120. The molecule has 0 radical (unpaired) electrons. The van der Waals surface area contributed by atoms with Crippen LogP contribution in [0.2, 0.25) is 0 Å². The molecule has 11 heteroatoms. The summed E-state index contributed by atoms with van der Waals surface area (Å²) in [6, 6.07) is 6.26. The smallest absolute Gasteiger partial charge is 0.247 e. The fourth-order valence-electron chi connectivity index (χ4n) is 3.74. The van der Waals surface area contributed by atoms with Crippen LogP contribution in [0, 0.1) is 11.3 Å². The molecule has 0 aromatic carbocycles. The molecule has 2 aliphatic heterocycles. The van der Waals surface area contributed by atoms with Gasteiger partial charge in [-0.25, -0.2) is 9.94 Å². The molecule has 5 heterocycles. The standard InChI is InChI=1S/C18H20N10O/c1-29-14-9-22-28(10-14)18(4-5-19)11-26(12-18)15-3-2-6-27-16(15)24-17(25-27)23-13-7-20-21-8-13/h2-3,6-7,9-10,20-21H,4,8,11-12H2,1H3,(H,23,25). The van der Waals surface area contributed by atoms with Crippen molar-refractivity contribution in [1.29, 1.82) is 5.26 Å². The number of pyridine rings is 1. The number of rotatable bonds is 6. The highest BCUT2D eigenvalue weighted by atomic mass is 16.5. The zero-order valence-electron chi connectivity index (χ0n) is 15.8. The van der Waals surface area contributed by atoms with Crippen molar-refractivity contribution in [3.63, 3.8) is 0 Å². The summed E-state index contributed by atoms with van der Waals surface area (Å²) >= 11 is 0. The van der Waals surface area contributed by atoms with Crippen molar-refractivity contribution in [3.05, 3.63) is 42.6 Å². The van der Waals surface area contributed by atoms with Crippen LogP contribution in [0.1, 0.15) is 6.42 Å². The van der Waals surface area contributed by atoms with E-state index in [0.29, 0.717) is 37.8 Å². The third kappa shape index (κ3) is 2.90. The summed E-state index contributed by atoms with van der Waals surface area (Å²) in [4.78, 5) is 6.85. The van der Waals surface area contributed by atoms with Crippen molar-refractivity contribution in [2.75, 3.05) is 37.0 Å². The number of nitrogens with one attached hydrogen (secondary N) is 3. The minimum atomic E-state index is -0.383. The van der Waals surface area contributed by atoms with E-state index in [0.717, 1.165) is 17.0 Å². The molecule has 0 atom stereocenters. The third-order valence-electron chi connectivity index (χ3n) is 5.24. The van der Waals surface area contributed by atoms with Crippen LogP contribution in [-0.2, 0) is 5.54 Å². The lowest BCUT2D eigenvalue weighted by Gasteiger charge is -2.50. The van der Waals surface area contributed by atoms with Gasteiger partial charge in [0.05, 0.1) is 49.9 Å². The second-order valence-electron chi connectivity index (χ2n) is 7.13. The number of hydrazine groups is 1. The first-order valence-electron chi connectivity index (χ1n) is 9.22. The molecule has 0 aliphatic carbocycles. The molecule has 1 saturated heterocycles. The maximum atomic E-state index is 9.37. The Kier molecular flexibility index (Phi) is 3.99. The molecule has 1 fully saturated rings. The maximum Gasteiger partial charge on any atom is 0.247 e. The van der Waals surface area contributed by atoms with Crippen molar-refractivity contribution < 1.29 is 4.74 Å². The van der Waals surface area contributed by atoms with Gasteiger partial charge < -0.3 is 20.4 Å². The SMILES string of the molecule is COc1cnn(C2(CC#N)CN(c3cccn4nc(NC5=CNNC5)nc34)C2)c1. The number of fused-ring (bicyclic) bond motifs is 1. The molecule has 3 N–H and O–H groups in total. The lowest BCUT2D eigenvalue weighted by molar-refractivity contribution is 0.198. The maximum absolute atomic E-state index is 9.37. The van der Waals surface area contributed by atoms with Crippen LogP contribution in [0.5, 0.6) is 5.75 Å². The van der Waals surface area contributed by atoms with E-state index in [9.17, 15) is 5.26 Å². The summed E-state index contributed by atoms with van der Waals surface area (Å²) in [5.74, 6) is 1.22. The predicted octanol–water partition coefficient (Wildman–Crippen LogP) is 0.425. The molecule has 148 valence electrons. The van der Waals surface area contributed by atoms with E-state index in [-0.39, 0.29) is 5.54 Å². The monoisotopic (exact) mass is 392 g/mol. The van der Waals surface area contributed by atoms with Gasteiger partial charge in [0.25, 0.3) is 0 Å². The van der Waals surface area contributed by atoms with Crippen LogP contribution in [0.3, 0.4) is 0 Å². The lowest BCUT2D eigenvalue weighted by atomic mass is 9.86. The number of ether oxygens (including phenoxy) is 1. The van der Waals surface area contributed by atoms with Crippen LogP contribution in [-0.4, -0.2) is 51.1 Å². The summed E-state index contributed by atoms with van der Waals surface area (Å²) in [6.45, 7) is 1.98. The largest absolute Gasteiger partial charge is 0.493 e. The Hall–Kier alpha value is -3.78.